The lowest BCUT2D eigenvalue weighted by molar-refractivity contribution is 0.588. The second-order valence-corrected chi connectivity index (χ2v) is 5.04. The van der Waals surface area contributed by atoms with Crippen molar-refractivity contribution in [3.63, 3.8) is 0 Å². The molecule has 88 valence electrons. The van der Waals surface area contributed by atoms with Gasteiger partial charge in [0.1, 0.15) is 0 Å². The highest BCUT2D eigenvalue weighted by Crippen LogP contribution is 2.23. The molecule has 4 nitrogen and oxygen atoms in total. The highest BCUT2D eigenvalue weighted by molar-refractivity contribution is 7.21. The predicted octanol–water partition coefficient (Wildman–Crippen LogP) is 1.07. The number of anilines is 1. The Morgan fingerprint density at radius 2 is 2.00 bits per heavy atom. The molecule has 1 saturated heterocycles. The number of fused-ring (bicyclic) bond motifs is 1. The molecule has 1 aromatic carbocycles. The van der Waals surface area contributed by atoms with Gasteiger partial charge in [0.05, 0.1) is 5.39 Å². The van der Waals surface area contributed by atoms with Gasteiger partial charge >= 0.3 is 0 Å². The highest BCUT2D eigenvalue weighted by Gasteiger charge is 2.14. The molecule has 0 spiro atoms. The predicted molar refractivity (Wildman–Crippen MR) is 71.0 cm³/mol. The molecular weight excluding hydrogens is 234 g/mol. The molecule has 0 aliphatic carbocycles. The lowest BCUT2D eigenvalue weighted by atomic mass is 10.3. The molecular formula is C12H13N3OS. The van der Waals surface area contributed by atoms with Crippen molar-refractivity contribution in [1.82, 2.24) is 10.3 Å². The van der Waals surface area contributed by atoms with Crippen LogP contribution in [-0.2, 0) is 0 Å². The molecule has 1 aliphatic heterocycles. The van der Waals surface area contributed by atoms with Crippen molar-refractivity contribution >= 4 is 26.6 Å². The topological polar surface area (TPSA) is 45.2 Å². The average Bonchev–Trinajstić information content (AvgIpc) is 2.40. The maximum Gasteiger partial charge on any atom is 0.281 e. The van der Waals surface area contributed by atoms with Crippen LogP contribution in [0, 0.1) is 0 Å². The molecule has 5 heteroatoms. The Morgan fingerprint density at radius 1 is 1.24 bits per heavy atom. The average molecular weight is 247 g/mol. The van der Waals surface area contributed by atoms with Crippen LogP contribution in [0.15, 0.2) is 29.1 Å². The van der Waals surface area contributed by atoms with Crippen LogP contribution in [0.3, 0.4) is 0 Å². The van der Waals surface area contributed by atoms with Crippen LogP contribution in [0.1, 0.15) is 0 Å². The molecule has 0 bridgehead atoms. The van der Waals surface area contributed by atoms with E-state index >= 15 is 0 Å². The zero-order valence-electron chi connectivity index (χ0n) is 9.35. The molecule has 0 atom stereocenters. The first-order valence-corrected chi connectivity index (χ1v) is 6.52. The summed E-state index contributed by atoms with van der Waals surface area (Å²) in [6.45, 7) is 3.74. The fourth-order valence-electron chi connectivity index (χ4n) is 1.99. The molecule has 1 aromatic heterocycles. The van der Waals surface area contributed by atoms with Crippen LogP contribution in [-0.4, -0.2) is 31.2 Å². The molecule has 1 aliphatic rings. The monoisotopic (exact) mass is 247 g/mol. The van der Waals surface area contributed by atoms with Gasteiger partial charge in [0.2, 0.25) is 0 Å². The van der Waals surface area contributed by atoms with Crippen molar-refractivity contribution in [1.29, 1.82) is 0 Å². The van der Waals surface area contributed by atoms with Crippen molar-refractivity contribution in [3.8, 4) is 0 Å². The van der Waals surface area contributed by atoms with Gasteiger partial charge in [-0.1, -0.05) is 23.5 Å². The minimum atomic E-state index is -0.118. The van der Waals surface area contributed by atoms with E-state index in [-0.39, 0.29) is 5.56 Å². The van der Waals surface area contributed by atoms with Crippen molar-refractivity contribution in [2.24, 2.45) is 0 Å². The van der Waals surface area contributed by atoms with Gasteiger partial charge in [-0.15, -0.1) is 0 Å². The number of nitrogens with one attached hydrogen (secondary N) is 1. The van der Waals surface area contributed by atoms with Crippen LogP contribution in [0.4, 0.5) is 5.13 Å². The smallest absolute Gasteiger partial charge is 0.281 e. The first kappa shape index (κ1) is 10.7. The van der Waals surface area contributed by atoms with Crippen LogP contribution in [0.25, 0.3) is 10.1 Å². The van der Waals surface area contributed by atoms with Crippen LogP contribution >= 0.6 is 11.3 Å². The van der Waals surface area contributed by atoms with Crippen molar-refractivity contribution in [3.05, 3.63) is 34.6 Å². The number of benzene rings is 1. The zero-order chi connectivity index (χ0) is 11.7. The van der Waals surface area contributed by atoms with E-state index in [0.717, 1.165) is 41.4 Å². The minimum absolute atomic E-state index is 0.118. The molecule has 0 amide bonds. The first-order chi connectivity index (χ1) is 8.34. The lowest BCUT2D eigenvalue weighted by Gasteiger charge is -2.27. The van der Waals surface area contributed by atoms with Crippen molar-refractivity contribution < 1.29 is 0 Å². The highest BCUT2D eigenvalue weighted by atomic mass is 32.1. The molecule has 0 radical (unpaired) electrons. The maximum atomic E-state index is 11.9. The number of aromatic nitrogens is 1. The normalized spacial score (nSPS) is 16.4. The summed E-state index contributed by atoms with van der Waals surface area (Å²) in [5, 5.41) is 4.85. The Labute approximate surface area is 103 Å². The van der Waals surface area contributed by atoms with Gasteiger partial charge in [-0.2, -0.15) is 4.98 Å². The Kier molecular flexibility index (Phi) is 2.78. The van der Waals surface area contributed by atoms with Gasteiger partial charge in [-0.25, -0.2) is 0 Å². The van der Waals surface area contributed by atoms with E-state index in [9.17, 15) is 4.79 Å². The third kappa shape index (κ3) is 2.03. The van der Waals surface area contributed by atoms with Gasteiger partial charge in [0.15, 0.2) is 5.13 Å². The molecule has 2 aromatic rings. The first-order valence-electron chi connectivity index (χ1n) is 5.70. The summed E-state index contributed by atoms with van der Waals surface area (Å²) >= 11 is 1.59. The van der Waals surface area contributed by atoms with Gasteiger partial charge in [0, 0.05) is 30.9 Å². The Bertz CT molecular complexity index is 590. The van der Waals surface area contributed by atoms with Crippen molar-refractivity contribution in [2.45, 2.75) is 0 Å². The second kappa shape index (κ2) is 4.43. The summed E-state index contributed by atoms with van der Waals surface area (Å²) in [5.74, 6) is 0. The number of piperazine rings is 1. The lowest BCUT2D eigenvalue weighted by Crippen LogP contribution is -2.44. The Morgan fingerprint density at radius 3 is 2.82 bits per heavy atom. The van der Waals surface area contributed by atoms with Crippen LogP contribution in [0.5, 0.6) is 0 Å². The standard InChI is InChI=1S/C12H13N3OS/c16-11-9-3-1-2-4-10(9)17-12(14-11)15-7-5-13-6-8-15/h1-4,13H,5-8H2. The molecule has 17 heavy (non-hydrogen) atoms. The Hall–Kier alpha value is -1.46. The SMILES string of the molecule is O=c1nc(N2CCNCC2)sc2ccccc12. The summed E-state index contributed by atoms with van der Waals surface area (Å²) < 4.78 is 1.01. The molecule has 1 fully saturated rings. The van der Waals surface area contributed by atoms with E-state index in [1.54, 1.807) is 11.3 Å². The van der Waals surface area contributed by atoms with E-state index in [0.29, 0.717) is 0 Å². The third-order valence-electron chi connectivity index (χ3n) is 2.90. The molecule has 1 N–H and O–H groups in total. The fourth-order valence-corrected chi connectivity index (χ4v) is 3.04. The largest absolute Gasteiger partial charge is 0.345 e. The number of nitrogens with zero attached hydrogens (tertiary/aromatic N) is 2. The van der Waals surface area contributed by atoms with Crippen LogP contribution < -0.4 is 15.8 Å². The van der Waals surface area contributed by atoms with Gasteiger partial charge in [-0.3, -0.25) is 4.79 Å². The fraction of sp³-hybridized carbons (Fsp3) is 0.333. The quantitative estimate of drug-likeness (QED) is 0.818. The molecule has 3 rings (SSSR count). The van der Waals surface area contributed by atoms with E-state index in [4.69, 9.17) is 0 Å². The summed E-state index contributed by atoms with van der Waals surface area (Å²) in [4.78, 5) is 18.3. The van der Waals surface area contributed by atoms with E-state index in [1.807, 2.05) is 24.3 Å². The van der Waals surface area contributed by atoms with E-state index < -0.39 is 0 Å². The van der Waals surface area contributed by atoms with Gasteiger partial charge < -0.3 is 10.2 Å². The number of rotatable bonds is 1. The third-order valence-corrected chi connectivity index (χ3v) is 4.01. The summed E-state index contributed by atoms with van der Waals surface area (Å²) in [7, 11) is 0. The van der Waals surface area contributed by atoms with E-state index in [1.165, 1.54) is 0 Å². The summed E-state index contributed by atoms with van der Waals surface area (Å²) in [5.41, 5.74) is -0.118. The maximum absolute atomic E-state index is 11.9. The minimum Gasteiger partial charge on any atom is -0.345 e. The van der Waals surface area contributed by atoms with Gasteiger partial charge in [0.25, 0.3) is 5.56 Å². The van der Waals surface area contributed by atoms with Gasteiger partial charge in [-0.05, 0) is 12.1 Å². The number of hydrogen-bond acceptors (Lipinski definition) is 5. The molecule has 2 heterocycles. The summed E-state index contributed by atoms with van der Waals surface area (Å²) in [6, 6.07) is 7.65. The van der Waals surface area contributed by atoms with Crippen LogP contribution in [0.2, 0.25) is 0 Å². The summed E-state index contributed by atoms with van der Waals surface area (Å²) in [6.07, 6.45) is 0. The molecule has 0 unspecified atom stereocenters. The second-order valence-electron chi connectivity index (χ2n) is 4.03. The molecule has 0 saturated carbocycles. The number of hydrogen-bond donors (Lipinski definition) is 1. The zero-order valence-corrected chi connectivity index (χ0v) is 10.2. The van der Waals surface area contributed by atoms with Crippen molar-refractivity contribution in [2.75, 3.05) is 31.1 Å². The van der Waals surface area contributed by atoms with E-state index in [2.05, 4.69) is 15.2 Å². The Balaban J connectivity index is 2.08.